The van der Waals surface area contributed by atoms with Gasteiger partial charge in [-0.25, -0.2) is 4.98 Å². The summed E-state index contributed by atoms with van der Waals surface area (Å²) in [7, 11) is 0. The van der Waals surface area contributed by atoms with E-state index >= 15 is 0 Å². The van der Waals surface area contributed by atoms with E-state index in [1.807, 2.05) is 18.7 Å². The standard InChI is InChI=1S/C11H19N5OS/c1-8(12)7-10(17)15-3-5-16(6-4-15)11-13-9(2)14-18-11/h8H,3-7,12H2,1-2H3. The molecule has 0 radical (unpaired) electrons. The van der Waals surface area contributed by atoms with Gasteiger partial charge in [-0.05, 0) is 13.8 Å². The van der Waals surface area contributed by atoms with E-state index in [1.165, 1.54) is 11.5 Å². The molecule has 7 heteroatoms. The Morgan fingerprint density at radius 3 is 2.61 bits per heavy atom. The van der Waals surface area contributed by atoms with Crippen molar-refractivity contribution in [1.82, 2.24) is 14.3 Å². The maximum Gasteiger partial charge on any atom is 0.224 e. The van der Waals surface area contributed by atoms with Crippen molar-refractivity contribution in [3.05, 3.63) is 5.82 Å². The lowest BCUT2D eigenvalue weighted by atomic mass is 10.2. The summed E-state index contributed by atoms with van der Waals surface area (Å²) in [5.74, 6) is 0.962. The van der Waals surface area contributed by atoms with E-state index in [1.54, 1.807) is 0 Å². The topological polar surface area (TPSA) is 75.4 Å². The number of piperazine rings is 1. The van der Waals surface area contributed by atoms with E-state index < -0.39 is 0 Å². The highest BCUT2D eigenvalue weighted by Gasteiger charge is 2.23. The molecular weight excluding hydrogens is 250 g/mol. The number of aromatic nitrogens is 2. The van der Waals surface area contributed by atoms with Crippen LogP contribution in [0.4, 0.5) is 5.13 Å². The Hall–Kier alpha value is -1.21. The zero-order valence-corrected chi connectivity index (χ0v) is 11.6. The molecule has 1 aromatic heterocycles. The molecule has 0 bridgehead atoms. The van der Waals surface area contributed by atoms with Crippen LogP contribution < -0.4 is 10.6 Å². The van der Waals surface area contributed by atoms with Crippen LogP contribution in [0.3, 0.4) is 0 Å². The number of amides is 1. The molecule has 1 unspecified atom stereocenters. The molecule has 6 nitrogen and oxygen atoms in total. The molecule has 1 saturated heterocycles. The van der Waals surface area contributed by atoms with Gasteiger partial charge in [0, 0.05) is 50.2 Å². The minimum Gasteiger partial charge on any atom is -0.343 e. The summed E-state index contributed by atoms with van der Waals surface area (Å²) in [6, 6.07) is -0.0682. The van der Waals surface area contributed by atoms with E-state index in [4.69, 9.17) is 5.73 Å². The van der Waals surface area contributed by atoms with E-state index in [-0.39, 0.29) is 11.9 Å². The SMILES string of the molecule is Cc1nsc(N2CCN(C(=O)CC(C)N)CC2)n1. The van der Waals surface area contributed by atoms with Crippen molar-refractivity contribution in [2.45, 2.75) is 26.3 Å². The first-order chi connectivity index (χ1) is 8.56. The van der Waals surface area contributed by atoms with Gasteiger partial charge >= 0.3 is 0 Å². The summed E-state index contributed by atoms with van der Waals surface area (Å²) >= 11 is 1.42. The van der Waals surface area contributed by atoms with E-state index in [0.29, 0.717) is 6.42 Å². The van der Waals surface area contributed by atoms with Crippen LogP contribution in [0.5, 0.6) is 0 Å². The van der Waals surface area contributed by atoms with Gasteiger partial charge in [0.15, 0.2) is 0 Å². The van der Waals surface area contributed by atoms with Crippen molar-refractivity contribution in [3.8, 4) is 0 Å². The Morgan fingerprint density at radius 2 is 2.11 bits per heavy atom. The normalized spacial score (nSPS) is 17.9. The van der Waals surface area contributed by atoms with Crippen LogP contribution in [-0.2, 0) is 4.79 Å². The molecule has 0 saturated carbocycles. The molecule has 1 fully saturated rings. The highest BCUT2D eigenvalue weighted by molar-refractivity contribution is 7.09. The maximum absolute atomic E-state index is 11.9. The van der Waals surface area contributed by atoms with Crippen LogP contribution in [-0.4, -0.2) is 52.4 Å². The van der Waals surface area contributed by atoms with Gasteiger partial charge in [-0.3, -0.25) is 4.79 Å². The number of hydrogen-bond donors (Lipinski definition) is 1. The third kappa shape index (κ3) is 3.17. The first-order valence-electron chi connectivity index (χ1n) is 6.15. The van der Waals surface area contributed by atoms with Gasteiger partial charge in [0.25, 0.3) is 0 Å². The number of carbonyl (C=O) groups is 1. The van der Waals surface area contributed by atoms with Crippen LogP contribution in [0.2, 0.25) is 0 Å². The second kappa shape index (κ2) is 5.62. The van der Waals surface area contributed by atoms with Gasteiger partial charge in [-0.2, -0.15) is 4.37 Å². The molecule has 0 spiro atoms. The summed E-state index contributed by atoms with van der Waals surface area (Å²) in [4.78, 5) is 20.3. The zero-order chi connectivity index (χ0) is 13.1. The molecule has 100 valence electrons. The Bertz CT molecular complexity index is 411. The Kier molecular flexibility index (Phi) is 4.13. The second-order valence-corrected chi connectivity index (χ2v) is 5.40. The molecule has 0 aliphatic carbocycles. The summed E-state index contributed by atoms with van der Waals surface area (Å²) in [5, 5.41) is 0.951. The summed E-state index contributed by atoms with van der Waals surface area (Å²) in [5.41, 5.74) is 5.65. The van der Waals surface area contributed by atoms with Gasteiger partial charge in [0.1, 0.15) is 5.82 Å². The number of hydrogen-bond acceptors (Lipinski definition) is 6. The van der Waals surface area contributed by atoms with Crippen molar-refractivity contribution in [1.29, 1.82) is 0 Å². The van der Waals surface area contributed by atoms with Gasteiger partial charge in [0.2, 0.25) is 11.0 Å². The fourth-order valence-corrected chi connectivity index (χ4v) is 2.69. The van der Waals surface area contributed by atoms with Crippen LogP contribution in [0, 0.1) is 6.92 Å². The quantitative estimate of drug-likeness (QED) is 0.850. The van der Waals surface area contributed by atoms with Crippen molar-refractivity contribution in [2.75, 3.05) is 31.1 Å². The predicted molar refractivity (Wildman–Crippen MR) is 71.7 cm³/mol. The van der Waals surface area contributed by atoms with Crippen LogP contribution in [0.25, 0.3) is 0 Å². The summed E-state index contributed by atoms with van der Waals surface area (Å²) in [6.07, 6.45) is 0.428. The van der Waals surface area contributed by atoms with Crippen LogP contribution >= 0.6 is 11.5 Å². The lowest BCUT2D eigenvalue weighted by Crippen LogP contribution is -2.49. The Balaban J connectivity index is 1.86. The minimum atomic E-state index is -0.0682. The number of aryl methyl sites for hydroxylation is 1. The molecule has 1 amide bonds. The largest absolute Gasteiger partial charge is 0.343 e. The van der Waals surface area contributed by atoms with E-state index in [9.17, 15) is 4.79 Å². The maximum atomic E-state index is 11.9. The predicted octanol–water partition coefficient (Wildman–Crippen LogP) is 0.232. The van der Waals surface area contributed by atoms with Crippen LogP contribution in [0.1, 0.15) is 19.2 Å². The van der Waals surface area contributed by atoms with Crippen LogP contribution in [0.15, 0.2) is 0 Å². The third-order valence-electron chi connectivity index (χ3n) is 2.92. The number of carbonyl (C=O) groups excluding carboxylic acids is 1. The van der Waals surface area contributed by atoms with E-state index in [2.05, 4.69) is 14.3 Å². The fraction of sp³-hybridized carbons (Fsp3) is 0.727. The van der Waals surface area contributed by atoms with Crippen molar-refractivity contribution < 1.29 is 4.79 Å². The molecule has 1 aliphatic heterocycles. The Morgan fingerprint density at radius 1 is 1.44 bits per heavy atom. The van der Waals surface area contributed by atoms with Gasteiger partial charge in [-0.15, -0.1) is 0 Å². The minimum absolute atomic E-state index is 0.0682. The average molecular weight is 269 g/mol. The molecule has 0 aromatic carbocycles. The van der Waals surface area contributed by atoms with Crippen molar-refractivity contribution >= 4 is 22.6 Å². The number of rotatable bonds is 3. The molecule has 1 aliphatic rings. The van der Waals surface area contributed by atoms with Crippen molar-refractivity contribution in [2.24, 2.45) is 5.73 Å². The summed E-state index contributed by atoms with van der Waals surface area (Å²) in [6.45, 7) is 6.87. The first-order valence-corrected chi connectivity index (χ1v) is 6.92. The number of nitrogens with two attached hydrogens (primary N) is 1. The van der Waals surface area contributed by atoms with Gasteiger partial charge < -0.3 is 15.5 Å². The molecule has 2 heterocycles. The number of nitrogens with zero attached hydrogens (tertiary/aromatic N) is 4. The molecule has 18 heavy (non-hydrogen) atoms. The molecular formula is C11H19N5OS. The average Bonchev–Trinajstić information content (AvgIpc) is 2.75. The molecule has 1 atom stereocenters. The summed E-state index contributed by atoms with van der Waals surface area (Å²) < 4.78 is 4.18. The van der Waals surface area contributed by atoms with Gasteiger partial charge in [0.05, 0.1) is 0 Å². The molecule has 2 N–H and O–H groups in total. The number of anilines is 1. The van der Waals surface area contributed by atoms with Crippen molar-refractivity contribution in [3.63, 3.8) is 0 Å². The van der Waals surface area contributed by atoms with Gasteiger partial charge in [-0.1, -0.05) is 0 Å². The van der Waals surface area contributed by atoms with E-state index in [0.717, 1.165) is 37.1 Å². The first kappa shape index (κ1) is 13.2. The monoisotopic (exact) mass is 269 g/mol. The Labute approximate surface area is 111 Å². The molecule has 1 aromatic rings. The highest BCUT2D eigenvalue weighted by atomic mass is 32.1. The zero-order valence-electron chi connectivity index (χ0n) is 10.8. The highest BCUT2D eigenvalue weighted by Crippen LogP contribution is 2.18. The second-order valence-electron chi connectivity index (χ2n) is 4.67. The molecule has 2 rings (SSSR count). The smallest absolute Gasteiger partial charge is 0.224 e. The lowest BCUT2D eigenvalue weighted by Gasteiger charge is -2.34. The fourth-order valence-electron chi connectivity index (χ4n) is 1.97. The third-order valence-corrected chi connectivity index (χ3v) is 3.78. The lowest BCUT2D eigenvalue weighted by molar-refractivity contribution is -0.131.